The Hall–Kier alpha value is -2.22. The summed E-state index contributed by atoms with van der Waals surface area (Å²) in [5, 5.41) is 5.20. The predicted molar refractivity (Wildman–Crippen MR) is 113 cm³/mol. The number of hydrogen-bond acceptors (Lipinski definition) is 5. The van der Waals surface area contributed by atoms with Crippen LogP contribution in [-0.4, -0.2) is 49.0 Å². The lowest BCUT2D eigenvalue weighted by atomic mass is 10.0. The van der Waals surface area contributed by atoms with E-state index in [0.29, 0.717) is 43.5 Å². The summed E-state index contributed by atoms with van der Waals surface area (Å²) in [6.07, 6.45) is 0.954. The molecule has 0 aliphatic carbocycles. The first-order valence-electron chi connectivity index (χ1n) is 10.1. The fourth-order valence-electron chi connectivity index (χ4n) is 3.81. The zero-order valence-electron chi connectivity index (χ0n) is 16.9. The van der Waals surface area contributed by atoms with Crippen molar-refractivity contribution in [2.24, 2.45) is 5.92 Å². The minimum absolute atomic E-state index is 0.376. The molecule has 1 aromatic heterocycles. The minimum Gasteiger partial charge on any atom is -0.356 e. The predicted octanol–water partition coefficient (Wildman–Crippen LogP) is 3.53. The first-order valence-corrected chi connectivity index (χ1v) is 11.5. The van der Waals surface area contributed by atoms with E-state index in [1.54, 1.807) is 16.4 Å². The molecule has 4 rings (SSSR count). The van der Waals surface area contributed by atoms with E-state index in [2.05, 4.69) is 23.9 Å². The minimum atomic E-state index is -3.45. The standard InChI is InChI=1S/C22H27N3O3S/c1-17(2)15-18-7-9-19(10-8-18)29(26,27)25-13-11-24(12-14-25)16-21-20-5-3-4-6-22(20)28-23-21/h3-10,17H,11-16H2,1-2H3. The number of hydrogen-bond donors (Lipinski definition) is 0. The Kier molecular flexibility index (Phi) is 5.72. The lowest BCUT2D eigenvalue weighted by molar-refractivity contribution is 0.178. The molecule has 3 aromatic rings. The van der Waals surface area contributed by atoms with Gasteiger partial charge in [-0.05, 0) is 42.2 Å². The van der Waals surface area contributed by atoms with Crippen molar-refractivity contribution in [3.8, 4) is 0 Å². The molecule has 154 valence electrons. The number of benzene rings is 2. The fraction of sp³-hybridized carbons (Fsp3) is 0.409. The summed E-state index contributed by atoms with van der Waals surface area (Å²) >= 11 is 0. The number of fused-ring (bicyclic) bond motifs is 1. The highest BCUT2D eigenvalue weighted by Crippen LogP contribution is 2.22. The van der Waals surface area contributed by atoms with Crippen molar-refractivity contribution in [2.75, 3.05) is 26.2 Å². The van der Waals surface area contributed by atoms with Crippen molar-refractivity contribution in [1.29, 1.82) is 0 Å². The molecular formula is C22H27N3O3S. The largest absolute Gasteiger partial charge is 0.356 e. The lowest BCUT2D eigenvalue weighted by Gasteiger charge is -2.33. The molecule has 0 bridgehead atoms. The van der Waals surface area contributed by atoms with Crippen molar-refractivity contribution in [3.05, 3.63) is 59.8 Å². The Balaban J connectivity index is 1.39. The molecule has 2 heterocycles. The van der Waals surface area contributed by atoms with E-state index in [0.717, 1.165) is 23.1 Å². The summed E-state index contributed by atoms with van der Waals surface area (Å²) in [4.78, 5) is 2.60. The van der Waals surface area contributed by atoms with E-state index in [9.17, 15) is 8.42 Å². The van der Waals surface area contributed by atoms with Gasteiger partial charge in [-0.15, -0.1) is 0 Å². The van der Waals surface area contributed by atoms with Crippen molar-refractivity contribution in [3.63, 3.8) is 0 Å². The summed E-state index contributed by atoms with van der Waals surface area (Å²) < 4.78 is 33.0. The van der Waals surface area contributed by atoms with E-state index >= 15 is 0 Å². The quantitative estimate of drug-likeness (QED) is 0.618. The number of aromatic nitrogens is 1. The van der Waals surface area contributed by atoms with Gasteiger partial charge in [0.2, 0.25) is 10.0 Å². The molecule has 6 nitrogen and oxygen atoms in total. The maximum atomic E-state index is 13.0. The Morgan fingerprint density at radius 1 is 1.00 bits per heavy atom. The molecule has 1 aliphatic heterocycles. The zero-order valence-corrected chi connectivity index (χ0v) is 17.7. The third kappa shape index (κ3) is 4.37. The van der Waals surface area contributed by atoms with Crippen LogP contribution in [0.3, 0.4) is 0 Å². The Labute approximate surface area is 172 Å². The van der Waals surface area contributed by atoms with Crippen LogP contribution in [0.1, 0.15) is 25.1 Å². The maximum absolute atomic E-state index is 13.0. The lowest BCUT2D eigenvalue weighted by Crippen LogP contribution is -2.48. The molecular weight excluding hydrogens is 386 g/mol. The Morgan fingerprint density at radius 3 is 2.38 bits per heavy atom. The van der Waals surface area contributed by atoms with E-state index in [-0.39, 0.29) is 0 Å². The second kappa shape index (κ2) is 8.26. The topological polar surface area (TPSA) is 66.7 Å². The summed E-state index contributed by atoms with van der Waals surface area (Å²) in [5.74, 6) is 0.548. The highest BCUT2D eigenvalue weighted by Gasteiger charge is 2.29. The highest BCUT2D eigenvalue weighted by atomic mass is 32.2. The molecule has 0 amide bonds. The number of rotatable bonds is 6. The molecule has 1 saturated heterocycles. The van der Waals surface area contributed by atoms with Gasteiger partial charge in [0, 0.05) is 38.1 Å². The van der Waals surface area contributed by atoms with Crippen LogP contribution in [0.25, 0.3) is 11.0 Å². The van der Waals surface area contributed by atoms with E-state index in [1.807, 2.05) is 36.4 Å². The van der Waals surface area contributed by atoms with E-state index in [1.165, 1.54) is 5.56 Å². The van der Waals surface area contributed by atoms with Crippen LogP contribution in [0.15, 0.2) is 57.9 Å². The second-order valence-corrected chi connectivity index (χ2v) is 9.99. The normalized spacial score (nSPS) is 16.7. The summed E-state index contributed by atoms with van der Waals surface area (Å²) in [7, 11) is -3.45. The van der Waals surface area contributed by atoms with Gasteiger partial charge in [0.25, 0.3) is 0 Å². The Bertz CT molecular complexity index is 1070. The van der Waals surface area contributed by atoms with Crippen molar-refractivity contribution in [1.82, 2.24) is 14.4 Å². The first-order chi connectivity index (χ1) is 13.9. The van der Waals surface area contributed by atoms with Gasteiger partial charge in [0.15, 0.2) is 5.58 Å². The molecule has 1 fully saturated rings. The average Bonchev–Trinajstić information content (AvgIpc) is 3.11. The van der Waals surface area contributed by atoms with Crippen LogP contribution < -0.4 is 0 Å². The first kappa shape index (κ1) is 20.1. The molecule has 0 N–H and O–H groups in total. The van der Waals surface area contributed by atoms with Gasteiger partial charge < -0.3 is 4.52 Å². The summed E-state index contributed by atoms with van der Waals surface area (Å²) in [6.45, 7) is 7.28. The van der Waals surface area contributed by atoms with Gasteiger partial charge in [0.05, 0.1) is 4.90 Å². The summed E-state index contributed by atoms with van der Waals surface area (Å²) in [6, 6.07) is 15.1. The molecule has 2 aromatic carbocycles. The van der Waals surface area contributed by atoms with Crippen LogP contribution in [0.5, 0.6) is 0 Å². The molecule has 0 unspecified atom stereocenters. The van der Waals surface area contributed by atoms with Gasteiger partial charge in [-0.3, -0.25) is 4.90 Å². The van der Waals surface area contributed by atoms with Gasteiger partial charge in [-0.25, -0.2) is 8.42 Å². The molecule has 7 heteroatoms. The monoisotopic (exact) mass is 413 g/mol. The van der Waals surface area contributed by atoms with Crippen molar-refractivity contribution >= 4 is 21.0 Å². The second-order valence-electron chi connectivity index (χ2n) is 8.05. The molecule has 0 spiro atoms. The van der Waals surface area contributed by atoms with Gasteiger partial charge in [-0.1, -0.05) is 43.3 Å². The number of nitrogens with zero attached hydrogens (tertiary/aromatic N) is 3. The van der Waals surface area contributed by atoms with Crippen LogP contribution in [0.2, 0.25) is 0 Å². The molecule has 29 heavy (non-hydrogen) atoms. The van der Waals surface area contributed by atoms with Gasteiger partial charge in [0.1, 0.15) is 5.69 Å². The van der Waals surface area contributed by atoms with Crippen LogP contribution >= 0.6 is 0 Å². The SMILES string of the molecule is CC(C)Cc1ccc(S(=O)(=O)N2CCN(Cc3noc4ccccc34)CC2)cc1. The van der Waals surface area contributed by atoms with Crippen LogP contribution in [0, 0.1) is 5.92 Å². The third-order valence-electron chi connectivity index (χ3n) is 5.36. The van der Waals surface area contributed by atoms with E-state index in [4.69, 9.17) is 4.52 Å². The van der Waals surface area contributed by atoms with Crippen LogP contribution in [-0.2, 0) is 23.0 Å². The van der Waals surface area contributed by atoms with Gasteiger partial charge >= 0.3 is 0 Å². The smallest absolute Gasteiger partial charge is 0.243 e. The Morgan fingerprint density at radius 2 is 1.69 bits per heavy atom. The van der Waals surface area contributed by atoms with Crippen LogP contribution in [0.4, 0.5) is 0 Å². The molecule has 0 atom stereocenters. The highest BCUT2D eigenvalue weighted by molar-refractivity contribution is 7.89. The average molecular weight is 414 g/mol. The van der Waals surface area contributed by atoms with Gasteiger partial charge in [-0.2, -0.15) is 4.31 Å². The number of sulfonamides is 1. The third-order valence-corrected chi connectivity index (χ3v) is 7.27. The number of piperazine rings is 1. The van der Waals surface area contributed by atoms with Crippen molar-refractivity contribution < 1.29 is 12.9 Å². The molecule has 0 radical (unpaired) electrons. The molecule has 1 aliphatic rings. The summed E-state index contributed by atoms with van der Waals surface area (Å²) in [5.41, 5.74) is 2.85. The van der Waals surface area contributed by atoms with E-state index < -0.39 is 10.0 Å². The fourth-order valence-corrected chi connectivity index (χ4v) is 5.23. The zero-order chi connectivity index (χ0) is 20.4. The molecule has 0 saturated carbocycles. The number of para-hydroxylation sites is 1. The maximum Gasteiger partial charge on any atom is 0.243 e. The van der Waals surface area contributed by atoms with Crippen molar-refractivity contribution in [2.45, 2.75) is 31.7 Å².